The van der Waals surface area contributed by atoms with Crippen molar-refractivity contribution in [1.29, 1.82) is 0 Å². The second-order valence-electron chi connectivity index (χ2n) is 10.9. The molecule has 0 spiro atoms. The molecule has 1 aliphatic carbocycles. The van der Waals surface area contributed by atoms with Gasteiger partial charge >= 0.3 is 5.97 Å². The van der Waals surface area contributed by atoms with Crippen molar-refractivity contribution in [2.75, 3.05) is 6.61 Å². The molecule has 3 rings (SSSR count). The van der Waals surface area contributed by atoms with E-state index >= 15 is 0 Å². The molecule has 0 heterocycles. The lowest BCUT2D eigenvalue weighted by atomic mass is 9.79. The molecule has 0 amide bonds. The topological polar surface area (TPSA) is 72.8 Å². The van der Waals surface area contributed by atoms with Crippen LogP contribution in [0, 0.1) is 11.8 Å². The highest BCUT2D eigenvalue weighted by atomic mass is 16.5. The number of esters is 1. The summed E-state index contributed by atoms with van der Waals surface area (Å²) in [7, 11) is 0. The number of rotatable bonds is 15. The molecule has 2 aromatic rings. The summed E-state index contributed by atoms with van der Waals surface area (Å²) in [5.74, 6) is 0.819. The molecule has 1 aliphatic rings. The summed E-state index contributed by atoms with van der Waals surface area (Å²) < 4.78 is 11.5. The van der Waals surface area contributed by atoms with E-state index < -0.39 is 0 Å². The second-order valence-corrected chi connectivity index (χ2v) is 10.9. The number of aromatic hydroxyl groups is 1. The quantitative estimate of drug-likeness (QED) is 0.110. The van der Waals surface area contributed by atoms with Crippen molar-refractivity contribution in [1.82, 2.24) is 0 Å². The number of hydrogen-bond donors (Lipinski definition) is 1. The van der Waals surface area contributed by atoms with E-state index in [9.17, 15) is 14.7 Å². The Labute approximate surface area is 228 Å². The molecule has 208 valence electrons. The van der Waals surface area contributed by atoms with E-state index in [1.54, 1.807) is 12.1 Å². The monoisotopic (exact) mass is 522 g/mol. The van der Waals surface area contributed by atoms with E-state index in [1.807, 2.05) is 13.8 Å². The Morgan fingerprint density at radius 2 is 1.50 bits per heavy atom. The average Bonchev–Trinajstić information content (AvgIpc) is 2.94. The highest BCUT2D eigenvalue weighted by Gasteiger charge is 2.29. The van der Waals surface area contributed by atoms with Crippen molar-refractivity contribution in [3.05, 3.63) is 53.6 Å². The van der Waals surface area contributed by atoms with Crippen molar-refractivity contribution < 1.29 is 24.2 Å². The van der Waals surface area contributed by atoms with Crippen LogP contribution >= 0.6 is 0 Å². The fraction of sp³-hybridized carbons (Fsp3) is 0.576. The Kier molecular flexibility index (Phi) is 12.2. The van der Waals surface area contributed by atoms with Crippen LogP contribution in [-0.2, 0) is 4.79 Å². The van der Waals surface area contributed by atoms with Crippen LogP contribution in [0.4, 0.5) is 0 Å². The molecular formula is C33H46O5. The van der Waals surface area contributed by atoms with Gasteiger partial charge in [-0.2, -0.15) is 0 Å². The van der Waals surface area contributed by atoms with Gasteiger partial charge in [-0.25, -0.2) is 0 Å². The molecule has 0 aliphatic heterocycles. The Hall–Kier alpha value is -2.82. The van der Waals surface area contributed by atoms with Crippen LogP contribution in [-0.4, -0.2) is 23.5 Å². The van der Waals surface area contributed by atoms with Crippen LogP contribution in [0.3, 0.4) is 0 Å². The zero-order valence-corrected chi connectivity index (χ0v) is 23.5. The molecule has 0 aromatic heterocycles. The smallest absolute Gasteiger partial charge is 0.314 e. The predicted molar refractivity (Wildman–Crippen MR) is 152 cm³/mol. The standard InChI is InChI=1S/C33H46O5/c1-4-6-7-8-9-10-11-22-37-28-18-16-26(17-19-28)25-12-14-27(15-13-25)33(36)38-29-20-21-30(31(34)23-29)32(35)24(3)5-2/h16-21,23-25,27,34H,4-15,22H2,1-3H3/t24?,25-,27-. The third-order valence-corrected chi connectivity index (χ3v) is 7.94. The molecule has 38 heavy (non-hydrogen) atoms. The number of Topliss-reactive ketones (excluding diaryl/α,β-unsaturated/α-hetero) is 1. The third kappa shape index (κ3) is 8.89. The highest BCUT2D eigenvalue weighted by Crippen LogP contribution is 2.37. The summed E-state index contributed by atoms with van der Waals surface area (Å²) in [6, 6.07) is 13.0. The van der Waals surface area contributed by atoms with Crippen molar-refractivity contribution in [2.45, 2.75) is 104 Å². The van der Waals surface area contributed by atoms with E-state index in [-0.39, 0.29) is 40.7 Å². The van der Waals surface area contributed by atoms with Crippen LogP contribution in [0.1, 0.15) is 120 Å². The van der Waals surface area contributed by atoms with E-state index in [2.05, 4.69) is 31.2 Å². The van der Waals surface area contributed by atoms with Crippen molar-refractivity contribution in [3.8, 4) is 17.2 Å². The number of benzene rings is 2. The van der Waals surface area contributed by atoms with Crippen molar-refractivity contribution >= 4 is 11.8 Å². The summed E-state index contributed by atoms with van der Waals surface area (Å²) in [5, 5.41) is 10.3. The van der Waals surface area contributed by atoms with E-state index in [0.717, 1.165) is 44.5 Å². The molecule has 1 N–H and O–H groups in total. The maximum atomic E-state index is 12.8. The highest BCUT2D eigenvalue weighted by molar-refractivity contribution is 6.00. The predicted octanol–water partition coefficient (Wildman–Crippen LogP) is 8.63. The van der Waals surface area contributed by atoms with E-state index in [1.165, 1.54) is 50.2 Å². The maximum absolute atomic E-state index is 12.8. The van der Waals surface area contributed by atoms with Crippen molar-refractivity contribution in [3.63, 3.8) is 0 Å². The number of carbonyl (C=O) groups is 2. The molecule has 5 nitrogen and oxygen atoms in total. The third-order valence-electron chi connectivity index (χ3n) is 7.94. The fourth-order valence-corrected chi connectivity index (χ4v) is 5.18. The first-order chi connectivity index (χ1) is 18.4. The van der Waals surface area contributed by atoms with Gasteiger partial charge in [0.25, 0.3) is 0 Å². The van der Waals surface area contributed by atoms with Crippen LogP contribution in [0.25, 0.3) is 0 Å². The SMILES string of the molecule is CCCCCCCCCOc1ccc([C@H]2CC[C@H](C(=O)Oc3ccc(C(=O)C(C)CC)c(O)c3)CC2)cc1. The van der Waals surface area contributed by atoms with Crippen LogP contribution < -0.4 is 9.47 Å². The van der Waals surface area contributed by atoms with Gasteiger partial charge in [-0.3, -0.25) is 9.59 Å². The lowest BCUT2D eigenvalue weighted by Gasteiger charge is -2.27. The molecule has 1 unspecified atom stereocenters. The number of phenolic OH excluding ortho intramolecular Hbond substituents is 1. The maximum Gasteiger partial charge on any atom is 0.314 e. The van der Waals surface area contributed by atoms with Gasteiger partial charge in [0.1, 0.15) is 17.2 Å². The lowest BCUT2D eigenvalue weighted by molar-refractivity contribution is -0.140. The molecule has 1 fully saturated rings. The van der Waals surface area contributed by atoms with Gasteiger partial charge in [0.2, 0.25) is 0 Å². The molecule has 2 aromatic carbocycles. The van der Waals surface area contributed by atoms with Gasteiger partial charge in [-0.05, 0) is 74.3 Å². The van der Waals surface area contributed by atoms with Gasteiger partial charge in [0.05, 0.1) is 18.1 Å². The number of unbranched alkanes of at least 4 members (excludes halogenated alkanes) is 6. The summed E-state index contributed by atoms with van der Waals surface area (Å²) in [4.78, 5) is 25.1. The van der Waals surface area contributed by atoms with Gasteiger partial charge in [0.15, 0.2) is 5.78 Å². The minimum Gasteiger partial charge on any atom is -0.507 e. The number of ether oxygens (including phenoxy) is 2. The van der Waals surface area contributed by atoms with Gasteiger partial charge in [0, 0.05) is 12.0 Å². The second kappa shape index (κ2) is 15.6. The molecule has 5 heteroatoms. The van der Waals surface area contributed by atoms with Crippen LogP contribution in [0.5, 0.6) is 17.2 Å². The normalized spacial score (nSPS) is 18.1. The van der Waals surface area contributed by atoms with Gasteiger partial charge < -0.3 is 14.6 Å². The Morgan fingerprint density at radius 3 is 2.13 bits per heavy atom. The lowest BCUT2D eigenvalue weighted by Crippen LogP contribution is -2.25. The zero-order chi connectivity index (χ0) is 27.3. The first-order valence-electron chi connectivity index (χ1n) is 14.7. The molecular weight excluding hydrogens is 476 g/mol. The zero-order valence-electron chi connectivity index (χ0n) is 23.5. The Morgan fingerprint density at radius 1 is 0.868 bits per heavy atom. The molecule has 1 saturated carbocycles. The first-order valence-corrected chi connectivity index (χ1v) is 14.7. The summed E-state index contributed by atoms with van der Waals surface area (Å²) in [6.45, 7) is 6.80. The first kappa shape index (κ1) is 29.7. The average molecular weight is 523 g/mol. The summed E-state index contributed by atoms with van der Waals surface area (Å²) >= 11 is 0. The molecule has 0 bridgehead atoms. The van der Waals surface area contributed by atoms with Gasteiger partial charge in [-0.1, -0.05) is 71.4 Å². The summed E-state index contributed by atoms with van der Waals surface area (Å²) in [5.41, 5.74) is 1.57. The fourth-order valence-electron chi connectivity index (χ4n) is 5.18. The molecule has 1 atom stereocenters. The minimum atomic E-state index is -0.266. The largest absolute Gasteiger partial charge is 0.507 e. The van der Waals surface area contributed by atoms with E-state index in [4.69, 9.17) is 9.47 Å². The van der Waals surface area contributed by atoms with Crippen LogP contribution in [0.15, 0.2) is 42.5 Å². The number of phenols is 1. The molecule has 0 radical (unpaired) electrons. The number of hydrogen-bond acceptors (Lipinski definition) is 5. The summed E-state index contributed by atoms with van der Waals surface area (Å²) in [6.07, 6.45) is 13.1. The van der Waals surface area contributed by atoms with Gasteiger partial charge in [-0.15, -0.1) is 0 Å². The Bertz CT molecular complexity index is 1000. The molecule has 0 saturated heterocycles. The van der Waals surface area contributed by atoms with Crippen LogP contribution in [0.2, 0.25) is 0 Å². The number of carbonyl (C=O) groups excluding carboxylic acids is 2. The van der Waals surface area contributed by atoms with Crippen molar-refractivity contribution in [2.24, 2.45) is 11.8 Å². The Balaban J connectivity index is 1.40. The van der Waals surface area contributed by atoms with E-state index in [0.29, 0.717) is 12.3 Å². The number of ketones is 1. The minimum absolute atomic E-state index is 0.103.